The van der Waals surface area contributed by atoms with E-state index in [0.717, 1.165) is 35.8 Å². The fraction of sp³-hybridized carbons (Fsp3) is 0.300. The quantitative estimate of drug-likeness (QED) is 0.416. The van der Waals surface area contributed by atoms with Crippen LogP contribution in [0.1, 0.15) is 37.8 Å². The first-order valence-corrected chi connectivity index (χ1v) is 10.3. The summed E-state index contributed by atoms with van der Waals surface area (Å²) in [6.45, 7) is 0. The minimum absolute atomic E-state index is 0.121. The molecule has 5 nitrogen and oxygen atoms in total. The lowest BCUT2D eigenvalue weighted by molar-refractivity contribution is 0.443. The number of hydrogen-bond donors (Lipinski definition) is 3. The third-order valence-corrected chi connectivity index (χ3v) is 5.41. The van der Waals surface area contributed by atoms with Gasteiger partial charge in [0.05, 0.1) is 33.7 Å². The van der Waals surface area contributed by atoms with E-state index < -0.39 is 5.82 Å². The molecule has 2 aromatic rings. The molecule has 1 heterocycles. The predicted octanol–water partition coefficient (Wildman–Crippen LogP) is 5.22. The molecule has 1 fully saturated rings. The number of nitrogens with two attached hydrogens (primary N) is 2. The maximum Gasteiger partial charge on any atom is 0.135 e. The molecule has 28 heavy (non-hydrogen) atoms. The van der Waals surface area contributed by atoms with Gasteiger partial charge in [0.2, 0.25) is 0 Å². The molecule has 1 aliphatic rings. The third-order valence-electron chi connectivity index (χ3n) is 4.64. The first-order valence-electron chi connectivity index (χ1n) is 9.12. The number of benzene rings is 1. The SMILES string of the molecule is N/C=C(/C(N)=Nc1cc(F)ccc1Cl)C(=NC1CCCCC1)c1cc(Br)c[nH]1. The number of aromatic nitrogens is 1. The first kappa shape index (κ1) is 20.6. The summed E-state index contributed by atoms with van der Waals surface area (Å²) in [7, 11) is 0. The number of nitrogens with one attached hydrogen (secondary N) is 1. The smallest absolute Gasteiger partial charge is 0.135 e. The second-order valence-electron chi connectivity index (χ2n) is 6.67. The van der Waals surface area contributed by atoms with Crippen LogP contribution in [0.3, 0.4) is 0 Å². The lowest BCUT2D eigenvalue weighted by Crippen LogP contribution is -2.25. The Bertz CT molecular complexity index is 928. The maximum atomic E-state index is 13.6. The summed E-state index contributed by atoms with van der Waals surface area (Å²) in [5.74, 6) is -0.325. The molecule has 0 spiro atoms. The van der Waals surface area contributed by atoms with Crippen LogP contribution in [0.4, 0.5) is 10.1 Å². The maximum absolute atomic E-state index is 13.6. The van der Waals surface area contributed by atoms with Crippen LogP contribution < -0.4 is 11.5 Å². The second kappa shape index (κ2) is 9.39. The highest BCUT2D eigenvalue weighted by Crippen LogP contribution is 2.27. The van der Waals surface area contributed by atoms with Gasteiger partial charge in [-0.2, -0.15) is 0 Å². The molecule has 0 aliphatic heterocycles. The number of H-pyrrole nitrogens is 1. The number of amidine groups is 1. The van der Waals surface area contributed by atoms with E-state index in [1.165, 1.54) is 30.8 Å². The van der Waals surface area contributed by atoms with Gasteiger partial charge < -0.3 is 16.5 Å². The molecule has 5 N–H and O–H groups in total. The molecule has 0 amide bonds. The summed E-state index contributed by atoms with van der Waals surface area (Å²) in [6.07, 6.45) is 8.78. The van der Waals surface area contributed by atoms with E-state index in [2.05, 4.69) is 25.9 Å². The highest BCUT2D eigenvalue weighted by atomic mass is 79.9. The Balaban J connectivity index is 2.02. The van der Waals surface area contributed by atoms with Crippen molar-refractivity contribution >= 4 is 44.8 Å². The standard InChI is InChI=1S/C20H22BrClFN5/c21-12-8-18(26-11-12)19(27-14-4-2-1-3-5-14)15(10-24)20(25)28-17-9-13(23)6-7-16(17)22/h6-11,14,26H,1-5,24H2,(H2,25,28)/b15-10+,27-19?. The van der Waals surface area contributed by atoms with E-state index in [1.807, 2.05) is 12.3 Å². The molecular formula is C20H22BrClFN5. The Kier molecular flexibility index (Phi) is 6.91. The van der Waals surface area contributed by atoms with Crippen molar-refractivity contribution in [3.63, 3.8) is 0 Å². The highest BCUT2D eigenvalue weighted by molar-refractivity contribution is 9.10. The van der Waals surface area contributed by atoms with Crippen LogP contribution >= 0.6 is 27.5 Å². The molecule has 0 unspecified atom stereocenters. The van der Waals surface area contributed by atoms with Crippen LogP contribution in [-0.4, -0.2) is 22.6 Å². The van der Waals surface area contributed by atoms with Crippen LogP contribution in [0.15, 0.2) is 56.7 Å². The van der Waals surface area contributed by atoms with E-state index in [0.29, 0.717) is 16.3 Å². The molecule has 1 aliphatic carbocycles. The Morgan fingerprint density at radius 2 is 2.00 bits per heavy atom. The summed E-state index contributed by atoms with van der Waals surface area (Å²) in [4.78, 5) is 12.4. The van der Waals surface area contributed by atoms with Crippen molar-refractivity contribution in [1.82, 2.24) is 4.98 Å². The normalized spacial score (nSPS) is 17.2. The van der Waals surface area contributed by atoms with Crippen LogP contribution in [-0.2, 0) is 0 Å². The van der Waals surface area contributed by atoms with Gasteiger partial charge in [-0.1, -0.05) is 30.9 Å². The number of aromatic amines is 1. The molecule has 8 heteroatoms. The fourth-order valence-electron chi connectivity index (χ4n) is 3.23. The summed E-state index contributed by atoms with van der Waals surface area (Å²) in [5, 5.41) is 0.300. The van der Waals surface area contributed by atoms with Crippen molar-refractivity contribution in [3.8, 4) is 0 Å². The van der Waals surface area contributed by atoms with Gasteiger partial charge in [-0.3, -0.25) is 4.99 Å². The summed E-state index contributed by atoms with van der Waals surface area (Å²) in [6, 6.07) is 6.05. The molecule has 0 saturated heterocycles. The zero-order valence-corrected chi connectivity index (χ0v) is 17.6. The Morgan fingerprint density at radius 1 is 1.25 bits per heavy atom. The van der Waals surface area contributed by atoms with Gasteiger partial charge in [-0.15, -0.1) is 0 Å². The summed E-state index contributed by atoms with van der Waals surface area (Å²) >= 11 is 9.57. The molecule has 0 atom stereocenters. The Hall–Kier alpha value is -2.12. The van der Waals surface area contributed by atoms with Gasteiger partial charge in [-0.25, -0.2) is 9.38 Å². The number of rotatable bonds is 5. The molecular weight excluding hydrogens is 445 g/mol. The fourth-order valence-corrected chi connectivity index (χ4v) is 3.73. The number of halogens is 3. The average molecular weight is 467 g/mol. The third kappa shape index (κ3) is 5.02. The largest absolute Gasteiger partial charge is 0.404 e. The molecule has 1 saturated carbocycles. The lowest BCUT2D eigenvalue weighted by atomic mass is 9.95. The average Bonchev–Trinajstić information content (AvgIpc) is 3.11. The molecule has 1 aromatic carbocycles. The van der Waals surface area contributed by atoms with Crippen LogP contribution in [0.2, 0.25) is 5.02 Å². The first-order chi connectivity index (χ1) is 13.5. The molecule has 0 bridgehead atoms. The molecule has 148 valence electrons. The minimum atomic E-state index is -0.446. The van der Waals surface area contributed by atoms with E-state index in [9.17, 15) is 4.39 Å². The highest BCUT2D eigenvalue weighted by Gasteiger charge is 2.20. The lowest BCUT2D eigenvalue weighted by Gasteiger charge is -2.20. The summed E-state index contributed by atoms with van der Waals surface area (Å²) < 4.78 is 14.5. The zero-order chi connectivity index (χ0) is 20.1. The van der Waals surface area contributed by atoms with Crippen molar-refractivity contribution in [2.45, 2.75) is 38.1 Å². The number of hydrogen-bond acceptors (Lipinski definition) is 3. The van der Waals surface area contributed by atoms with E-state index >= 15 is 0 Å². The van der Waals surface area contributed by atoms with E-state index in [1.54, 1.807) is 0 Å². The van der Waals surface area contributed by atoms with Gasteiger partial charge >= 0.3 is 0 Å². The van der Waals surface area contributed by atoms with Crippen LogP contribution in [0, 0.1) is 5.82 Å². The van der Waals surface area contributed by atoms with Crippen molar-refractivity contribution in [1.29, 1.82) is 0 Å². The minimum Gasteiger partial charge on any atom is -0.404 e. The van der Waals surface area contributed by atoms with Crippen LogP contribution in [0.25, 0.3) is 0 Å². The van der Waals surface area contributed by atoms with Crippen molar-refractivity contribution < 1.29 is 4.39 Å². The van der Waals surface area contributed by atoms with Gasteiger partial charge in [0.15, 0.2) is 0 Å². The van der Waals surface area contributed by atoms with Gasteiger partial charge in [0, 0.05) is 22.9 Å². The number of nitrogens with zero attached hydrogens (tertiary/aromatic N) is 2. The van der Waals surface area contributed by atoms with Gasteiger partial charge in [0.1, 0.15) is 11.7 Å². The second-order valence-corrected chi connectivity index (χ2v) is 8.00. The van der Waals surface area contributed by atoms with Gasteiger partial charge in [0.25, 0.3) is 0 Å². The Morgan fingerprint density at radius 3 is 2.64 bits per heavy atom. The molecule has 0 radical (unpaired) electrons. The Labute approximate surface area is 176 Å². The number of aliphatic imine (C=N–C) groups is 2. The van der Waals surface area contributed by atoms with Crippen molar-refractivity contribution in [2.75, 3.05) is 0 Å². The van der Waals surface area contributed by atoms with E-state index in [-0.39, 0.29) is 17.6 Å². The van der Waals surface area contributed by atoms with Crippen molar-refractivity contribution in [3.05, 3.63) is 63.2 Å². The molecule has 3 rings (SSSR count). The van der Waals surface area contributed by atoms with Crippen LogP contribution in [0.5, 0.6) is 0 Å². The van der Waals surface area contributed by atoms with Gasteiger partial charge in [-0.05, 0) is 47.0 Å². The van der Waals surface area contributed by atoms with Crippen molar-refractivity contribution in [2.24, 2.45) is 21.5 Å². The van der Waals surface area contributed by atoms with E-state index in [4.69, 9.17) is 28.1 Å². The molecule has 1 aromatic heterocycles. The predicted molar refractivity (Wildman–Crippen MR) is 117 cm³/mol. The topological polar surface area (TPSA) is 92.6 Å². The zero-order valence-electron chi connectivity index (χ0n) is 15.3. The monoisotopic (exact) mass is 465 g/mol. The summed E-state index contributed by atoms with van der Waals surface area (Å²) in [5.41, 5.74) is 14.3.